The van der Waals surface area contributed by atoms with E-state index in [1.807, 2.05) is 0 Å². The lowest BCUT2D eigenvalue weighted by Gasteiger charge is -2.25. The SMILES string of the molecule is CC(C)(C)c1cc2ccc3oc4cc(C(C)(C)C)cc5ccc6oc(c1)c2c3-c6c54. The summed E-state index contributed by atoms with van der Waals surface area (Å²) in [6.07, 6.45) is 0. The topological polar surface area (TPSA) is 26.3 Å². The second-order valence-corrected chi connectivity index (χ2v) is 10.7. The number of hydrogen-bond acceptors (Lipinski definition) is 2. The first kappa shape index (κ1) is 17.8. The molecule has 2 nitrogen and oxygen atoms in total. The molecule has 0 radical (unpaired) electrons. The molecule has 0 fully saturated rings. The Morgan fingerprint density at radius 2 is 0.900 bits per heavy atom. The van der Waals surface area contributed by atoms with Crippen LogP contribution in [0.25, 0.3) is 55.0 Å². The van der Waals surface area contributed by atoms with E-state index in [0.29, 0.717) is 0 Å². The summed E-state index contributed by atoms with van der Waals surface area (Å²) in [4.78, 5) is 0. The summed E-state index contributed by atoms with van der Waals surface area (Å²) in [6.45, 7) is 13.5. The molecule has 0 aliphatic carbocycles. The summed E-state index contributed by atoms with van der Waals surface area (Å²) in [7, 11) is 0. The van der Waals surface area contributed by atoms with Crippen molar-refractivity contribution in [2.45, 2.75) is 52.4 Å². The van der Waals surface area contributed by atoms with Crippen molar-refractivity contribution < 1.29 is 8.83 Å². The van der Waals surface area contributed by atoms with Crippen LogP contribution in [0.3, 0.4) is 0 Å². The maximum atomic E-state index is 6.52. The highest BCUT2D eigenvalue weighted by Crippen LogP contribution is 2.49. The molecular weight excluding hydrogens is 368 g/mol. The Kier molecular flexibility index (Phi) is 3.19. The summed E-state index contributed by atoms with van der Waals surface area (Å²) in [5.41, 5.74) is 8.71. The molecule has 0 spiro atoms. The Labute approximate surface area is 176 Å². The second-order valence-electron chi connectivity index (χ2n) is 10.7. The van der Waals surface area contributed by atoms with Gasteiger partial charge in [-0.15, -0.1) is 0 Å². The molecule has 6 rings (SSSR count). The van der Waals surface area contributed by atoms with Crippen LogP contribution in [-0.4, -0.2) is 0 Å². The van der Waals surface area contributed by atoms with Gasteiger partial charge >= 0.3 is 0 Å². The largest absolute Gasteiger partial charge is 0.456 e. The van der Waals surface area contributed by atoms with Gasteiger partial charge in [-0.1, -0.05) is 65.8 Å². The van der Waals surface area contributed by atoms with Gasteiger partial charge in [0.25, 0.3) is 0 Å². The molecule has 150 valence electrons. The molecule has 0 amide bonds. The quantitative estimate of drug-likeness (QED) is 0.190. The Morgan fingerprint density at radius 3 is 1.27 bits per heavy atom. The number of benzene rings is 4. The van der Waals surface area contributed by atoms with Crippen molar-refractivity contribution in [1.82, 2.24) is 0 Å². The van der Waals surface area contributed by atoms with Crippen molar-refractivity contribution in [1.29, 1.82) is 0 Å². The molecule has 0 unspecified atom stereocenters. The molecule has 0 saturated heterocycles. The van der Waals surface area contributed by atoms with E-state index in [-0.39, 0.29) is 10.8 Å². The maximum absolute atomic E-state index is 6.52. The highest BCUT2D eigenvalue weighted by molar-refractivity contribution is 6.23. The fourth-order valence-corrected chi connectivity index (χ4v) is 4.75. The third-order valence-corrected chi connectivity index (χ3v) is 6.51. The molecule has 0 bridgehead atoms. The molecule has 0 aromatic heterocycles. The molecule has 0 atom stereocenters. The van der Waals surface area contributed by atoms with E-state index in [1.54, 1.807) is 0 Å². The van der Waals surface area contributed by atoms with Crippen molar-refractivity contribution in [2.75, 3.05) is 0 Å². The van der Waals surface area contributed by atoms with E-state index in [9.17, 15) is 0 Å². The molecule has 2 heteroatoms. The predicted molar refractivity (Wildman–Crippen MR) is 126 cm³/mol. The third kappa shape index (κ3) is 2.31. The summed E-state index contributed by atoms with van der Waals surface area (Å²) in [6, 6.07) is 17.6. The lowest BCUT2D eigenvalue weighted by atomic mass is 9.82. The third-order valence-electron chi connectivity index (χ3n) is 6.51. The highest BCUT2D eigenvalue weighted by Gasteiger charge is 2.27. The average molecular weight is 395 g/mol. The van der Waals surface area contributed by atoms with E-state index in [4.69, 9.17) is 8.83 Å². The van der Waals surface area contributed by atoms with Crippen LogP contribution < -0.4 is 0 Å². The van der Waals surface area contributed by atoms with Gasteiger partial charge in [0, 0.05) is 21.9 Å². The minimum atomic E-state index is 0.0562. The normalized spacial score (nSPS) is 13.7. The average Bonchev–Trinajstić information content (AvgIpc) is 2.67. The van der Waals surface area contributed by atoms with Gasteiger partial charge in [0.2, 0.25) is 0 Å². The van der Waals surface area contributed by atoms with Gasteiger partial charge in [-0.3, -0.25) is 0 Å². The van der Waals surface area contributed by atoms with Crippen LogP contribution in [0.1, 0.15) is 52.7 Å². The van der Waals surface area contributed by atoms with Gasteiger partial charge in [-0.05, 0) is 57.0 Å². The second kappa shape index (κ2) is 5.37. The van der Waals surface area contributed by atoms with Crippen molar-refractivity contribution in [3.05, 3.63) is 59.7 Å². The smallest absolute Gasteiger partial charge is 0.136 e. The van der Waals surface area contributed by atoms with E-state index >= 15 is 0 Å². The van der Waals surface area contributed by atoms with E-state index < -0.39 is 0 Å². The van der Waals surface area contributed by atoms with Gasteiger partial charge in [0.15, 0.2) is 0 Å². The van der Waals surface area contributed by atoms with Crippen molar-refractivity contribution in [3.63, 3.8) is 0 Å². The van der Waals surface area contributed by atoms with E-state index in [2.05, 4.69) is 90.1 Å². The Morgan fingerprint density at radius 1 is 0.500 bits per heavy atom. The summed E-state index contributed by atoms with van der Waals surface area (Å²) < 4.78 is 13.0. The minimum Gasteiger partial charge on any atom is -0.456 e. The van der Waals surface area contributed by atoms with Gasteiger partial charge in [0.05, 0.1) is 0 Å². The zero-order valence-electron chi connectivity index (χ0n) is 18.4. The number of hydrogen-bond donors (Lipinski definition) is 0. The molecule has 2 aliphatic heterocycles. The zero-order chi connectivity index (χ0) is 21.0. The lowest BCUT2D eigenvalue weighted by Crippen LogP contribution is -2.11. The van der Waals surface area contributed by atoms with Crippen LogP contribution in [0, 0.1) is 0 Å². The van der Waals surface area contributed by atoms with Crippen LogP contribution >= 0.6 is 0 Å². The van der Waals surface area contributed by atoms with Crippen molar-refractivity contribution >= 4 is 43.9 Å². The van der Waals surface area contributed by atoms with Crippen LogP contribution in [0.15, 0.2) is 57.4 Å². The van der Waals surface area contributed by atoms with Gasteiger partial charge in [-0.25, -0.2) is 0 Å². The molecule has 2 aliphatic rings. The molecule has 4 aromatic rings. The highest BCUT2D eigenvalue weighted by atomic mass is 16.3. The molecule has 0 N–H and O–H groups in total. The van der Waals surface area contributed by atoms with Crippen molar-refractivity contribution in [2.24, 2.45) is 0 Å². The fraction of sp³-hybridized carbons (Fsp3) is 0.286. The maximum Gasteiger partial charge on any atom is 0.136 e. The summed E-state index contributed by atoms with van der Waals surface area (Å²) in [5.74, 6) is 0. The van der Waals surface area contributed by atoms with Crippen LogP contribution in [0.5, 0.6) is 0 Å². The van der Waals surface area contributed by atoms with E-state index in [0.717, 1.165) is 33.1 Å². The molecule has 2 heterocycles. The lowest BCUT2D eigenvalue weighted by molar-refractivity contribution is 0.586. The molecule has 30 heavy (non-hydrogen) atoms. The first-order chi connectivity index (χ1) is 14.1. The molecule has 0 saturated carbocycles. The predicted octanol–water partition coefficient (Wildman–Crippen LogP) is 8.62. The first-order valence-corrected chi connectivity index (χ1v) is 10.7. The van der Waals surface area contributed by atoms with Gasteiger partial charge in [-0.2, -0.15) is 0 Å². The molecular formula is C28H26O2. The summed E-state index contributed by atoms with van der Waals surface area (Å²) >= 11 is 0. The Balaban J connectivity index is 1.84. The Hall–Kier alpha value is -3.00. The summed E-state index contributed by atoms with van der Waals surface area (Å²) in [5, 5.41) is 4.73. The number of rotatable bonds is 0. The molecule has 4 aromatic carbocycles. The Bertz CT molecular complexity index is 1420. The standard InChI is InChI=1S/C28H26O2/c1-27(2,3)17-11-15-7-9-20-25-23(15)21(13-17)29-19-10-8-16-12-18(28(4,5)6)14-22(30-20)24(16)26(19)25/h7-14H,1-6H3. The fourth-order valence-electron chi connectivity index (χ4n) is 4.75. The van der Waals surface area contributed by atoms with Crippen LogP contribution in [0.2, 0.25) is 0 Å². The van der Waals surface area contributed by atoms with Crippen molar-refractivity contribution in [3.8, 4) is 11.1 Å². The van der Waals surface area contributed by atoms with Gasteiger partial charge in [0.1, 0.15) is 22.3 Å². The van der Waals surface area contributed by atoms with Gasteiger partial charge < -0.3 is 8.83 Å². The van der Waals surface area contributed by atoms with Crippen LogP contribution in [-0.2, 0) is 10.8 Å². The minimum absolute atomic E-state index is 0.0562. The van der Waals surface area contributed by atoms with E-state index in [1.165, 1.54) is 33.0 Å². The first-order valence-electron chi connectivity index (χ1n) is 10.7. The van der Waals surface area contributed by atoms with Crippen LogP contribution in [0.4, 0.5) is 0 Å². The zero-order valence-corrected chi connectivity index (χ0v) is 18.4. The monoisotopic (exact) mass is 394 g/mol.